The molecule has 0 aromatic heterocycles. The lowest BCUT2D eigenvalue weighted by Gasteiger charge is -2.40. The van der Waals surface area contributed by atoms with E-state index in [0.29, 0.717) is 0 Å². The van der Waals surface area contributed by atoms with Crippen LogP contribution in [0.4, 0.5) is 0 Å². The molecule has 2 aliphatic carbocycles. The zero-order valence-corrected chi connectivity index (χ0v) is 10.8. The maximum atomic E-state index is 10.4. The molecule has 0 saturated heterocycles. The molecular weight excluding hydrogens is 196 g/mol. The minimum atomic E-state index is -0.245. The van der Waals surface area contributed by atoms with Crippen molar-refractivity contribution in [3.8, 4) is 0 Å². The number of hydrogen-bond acceptors (Lipinski definition) is 1. The van der Waals surface area contributed by atoms with Gasteiger partial charge in [0.05, 0.1) is 6.10 Å². The summed E-state index contributed by atoms with van der Waals surface area (Å²) in [6.45, 7) is 6.76. The minimum Gasteiger partial charge on any atom is -0.389 e. The van der Waals surface area contributed by atoms with Crippen molar-refractivity contribution < 1.29 is 5.11 Å². The smallest absolute Gasteiger partial charge is 0.0763 e. The highest BCUT2D eigenvalue weighted by atomic mass is 16.3. The number of allylic oxidation sites excluding steroid dienone is 3. The fraction of sp³-hybridized carbons (Fsp3) is 0.733. The fourth-order valence-corrected chi connectivity index (χ4v) is 3.16. The Balaban J connectivity index is 2.35. The van der Waals surface area contributed by atoms with Gasteiger partial charge in [0.25, 0.3) is 0 Å². The molecule has 0 amide bonds. The van der Waals surface area contributed by atoms with E-state index in [1.807, 2.05) is 0 Å². The highest BCUT2D eigenvalue weighted by molar-refractivity contribution is 5.28. The minimum absolute atomic E-state index is 0.119. The van der Waals surface area contributed by atoms with Crippen molar-refractivity contribution in [2.24, 2.45) is 10.8 Å². The van der Waals surface area contributed by atoms with Gasteiger partial charge in [-0.3, -0.25) is 0 Å². The molecular formula is C15H24O. The second-order valence-corrected chi connectivity index (χ2v) is 6.46. The standard InChI is InChI=1S/C15H24O/c1-14(2)8-6-10-15(3)9-5-4-7-12(15)13(16)11-14/h6-7,10,13,16H,4-5,8-9,11H2,1-3H3/b10-6-/t13-,15+/m1/s1. The molecule has 0 spiro atoms. The lowest BCUT2D eigenvalue weighted by molar-refractivity contribution is 0.119. The summed E-state index contributed by atoms with van der Waals surface area (Å²) in [5.41, 5.74) is 1.60. The van der Waals surface area contributed by atoms with Gasteiger partial charge in [-0.15, -0.1) is 0 Å². The fourth-order valence-electron chi connectivity index (χ4n) is 3.16. The van der Waals surface area contributed by atoms with Crippen LogP contribution >= 0.6 is 0 Å². The largest absolute Gasteiger partial charge is 0.389 e. The maximum absolute atomic E-state index is 10.4. The summed E-state index contributed by atoms with van der Waals surface area (Å²) in [6, 6.07) is 0. The van der Waals surface area contributed by atoms with Gasteiger partial charge in [0.15, 0.2) is 0 Å². The molecule has 0 aromatic carbocycles. The third-order valence-corrected chi connectivity index (χ3v) is 4.19. The SMILES string of the molecule is CC1(C)C/C=C\[C@]2(C)CCCC=C2[C@H](O)C1. The van der Waals surface area contributed by atoms with Crippen LogP contribution in [0.5, 0.6) is 0 Å². The summed E-state index contributed by atoms with van der Waals surface area (Å²) in [6.07, 6.45) is 12.2. The Morgan fingerprint density at radius 3 is 2.81 bits per heavy atom. The summed E-state index contributed by atoms with van der Waals surface area (Å²) in [5.74, 6) is 0. The number of hydrogen-bond donors (Lipinski definition) is 1. The van der Waals surface area contributed by atoms with Crippen LogP contribution in [0.2, 0.25) is 0 Å². The van der Waals surface area contributed by atoms with Crippen molar-refractivity contribution in [1.82, 2.24) is 0 Å². The molecule has 1 heteroatoms. The van der Waals surface area contributed by atoms with Gasteiger partial charge in [0.2, 0.25) is 0 Å². The average molecular weight is 220 g/mol. The number of aliphatic hydroxyl groups excluding tert-OH is 1. The summed E-state index contributed by atoms with van der Waals surface area (Å²) < 4.78 is 0. The molecule has 2 atom stereocenters. The summed E-state index contributed by atoms with van der Waals surface area (Å²) >= 11 is 0. The van der Waals surface area contributed by atoms with Crippen LogP contribution in [0.1, 0.15) is 52.9 Å². The Bertz CT molecular complexity index is 324. The van der Waals surface area contributed by atoms with Gasteiger partial charge in [-0.1, -0.05) is 39.0 Å². The van der Waals surface area contributed by atoms with Crippen molar-refractivity contribution in [1.29, 1.82) is 0 Å². The first-order valence-electron chi connectivity index (χ1n) is 6.49. The molecule has 0 fully saturated rings. The first-order chi connectivity index (χ1) is 7.43. The molecule has 1 N–H and O–H groups in total. The van der Waals surface area contributed by atoms with E-state index in [4.69, 9.17) is 0 Å². The molecule has 0 heterocycles. The van der Waals surface area contributed by atoms with Crippen LogP contribution in [0.25, 0.3) is 0 Å². The van der Waals surface area contributed by atoms with Crippen molar-refractivity contribution in [3.05, 3.63) is 23.8 Å². The molecule has 0 radical (unpaired) electrons. The second-order valence-electron chi connectivity index (χ2n) is 6.46. The molecule has 0 unspecified atom stereocenters. The zero-order chi connectivity index (χ0) is 11.8. The van der Waals surface area contributed by atoms with Crippen LogP contribution in [0, 0.1) is 10.8 Å². The van der Waals surface area contributed by atoms with E-state index in [0.717, 1.165) is 19.3 Å². The molecule has 1 nitrogen and oxygen atoms in total. The molecule has 0 saturated carbocycles. The zero-order valence-electron chi connectivity index (χ0n) is 10.8. The lowest BCUT2D eigenvalue weighted by atomic mass is 9.67. The first kappa shape index (κ1) is 11.9. The van der Waals surface area contributed by atoms with Gasteiger partial charge in [0, 0.05) is 5.41 Å². The van der Waals surface area contributed by atoms with Gasteiger partial charge in [-0.25, -0.2) is 0 Å². The predicted octanol–water partition coefficient (Wildman–Crippen LogP) is 3.84. The van der Waals surface area contributed by atoms with Gasteiger partial charge < -0.3 is 5.11 Å². The lowest BCUT2D eigenvalue weighted by Crippen LogP contribution is -2.33. The van der Waals surface area contributed by atoms with E-state index in [-0.39, 0.29) is 16.9 Å². The summed E-state index contributed by atoms with van der Waals surface area (Å²) in [5, 5.41) is 10.4. The van der Waals surface area contributed by atoms with Crippen LogP contribution in [-0.2, 0) is 0 Å². The molecule has 2 rings (SSSR count). The first-order valence-corrected chi connectivity index (χ1v) is 6.49. The number of aliphatic hydroxyl groups is 1. The van der Waals surface area contributed by atoms with Crippen molar-refractivity contribution in [2.45, 2.75) is 59.0 Å². The average Bonchev–Trinajstić information content (AvgIpc) is 2.15. The molecule has 0 aromatic rings. The third-order valence-electron chi connectivity index (χ3n) is 4.19. The normalized spacial score (nSPS) is 40.2. The van der Waals surface area contributed by atoms with E-state index >= 15 is 0 Å². The number of rotatable bonds is 0. The van der Waals surface area contributed by atoms with Gasteiger partial charge in [-0.05, 0) is 43.1 Å². The molecule has 2 aliphatic rings. The van der Waals surface area contributed by atoms with Gasteiger partial charge >= 0.3 is 0 Å². The highest BCUT2D eigenvalue weighted by Crippen LogP contribution is 2.45. The van der Waals surface area contributed by atoms with Crippen molar-refractivity contribution >= 4 is 0 Å². The van der Waals surface area contributed by atoms with E-state index in [2.05, 4.69) is 39.0 Å². The Morgan fingerprint density at radius 2 is 2.06 bits per heavy atom. The van der Waals surface area contributed by atoms with Crippen LogP contribution in [0.15, 0.2) is 23.8 Å². The topological polar surface area (TPSA) is 20.2 Å². The van der Waals surface area contributed by atoms with Crippen molar-refractivity contribution in [3.63, 3.8) is 0 Å². The summed E-state index contributed by atoms with van der Waals surface area (Å²) in [7, 11) is 0. The number of fused-ring (bicyclic) bond motifs is 1. The molecule has 0 aliphatic heterocycles. The monoisotopic (exact) mass is 220 g/mol. The Kier molecular flexibility index (Phi) is 3.00. The van der Waals surface area contributed by atoms with E-state index in [1.54, 1.807) is 0 Å². The Hall–Kier alpha value is -0.560. The molecule has 0 bridgehead atoms. The Morgan fingerprint density at radius 1 is 1.31 bits per heavy atom. The van der Waals surface area contributed by atoms with E-state index in [9.17, 15) is 5.11 Å². The molecule has 90 valence electrons. The third kappa shape index (κ3) is 2.24. The quantitative estimate of drug-likeness (QED) is 0.615. The summed E-state index contributed by atoms with van der Waals surface area (Å²) in [4.78, 5) is 0. The van der Waals surface area contributed by atoms with Crippen molar-refractivity contribution in [2.75, 3.05) is 0 Å². The Labute approximate surface area is 99.3 Å². The van der Waals surface area contributed by atoms with E-state index < -0.39 is 0 Å². The second kappa shape index (κ2) is 4.03. The molecule has 16 heavy (non-hydrogen) atoms. The highest BCUT2D eigenvalue weighted by Gasteiger charge is 2.36. The van der Waals surface area contributed by atoms with Crippen LogP contribution in [-0.4, -0.2) is 11.2 Å². The van der Waals surface area contributed by atoms with Gasteiger partial charge in [-0.2, -0.15) is 0 Å². The van der Waals surface area contributed by atoms with Crippen LogP contribution in [0.3, 0.4) is 0 Å². The predicted molar refractivity (Wildman–Crippen MR) is 68.2 cm³/mol. The van der Waals surface area contributed by atoms with E-state index in [1.165, 1.54) is 18.4 Å². The van der Waals surface area contributed by atoms with Crippen LogP contribution < -0.4 is 0 Å². The maximum Gasteiger partial charge on any atom is 0.0763 e. The van der Waals surface area contributed by atoms with Gasteiger partial charge in [0.1, 0.15) is 0 Å².